The van der Waals surface area contributed by atoms with Gasteiger partial charge in [0.1, 0.15) is 0 Å². The third kappa shape index (κ3) is 2.22. The van der Waals surface area contributed by atoms with Crippen LogP contribution in [0.5, 0.6) is 0 Å². The average Bonchev–Trinajstić information content (AvgIpc) is 1.84. The molecular formula is C3H7N3O2S. The third-order valence-corrected chi connectivity index (χ3v) is 0.955. The van der Waals surface area contributed by atoms with Crippen LogP contribution in [0.2, 0.25) is 0 Å². The number of hydrogen-bond acceptors (Lipinski definition) is 4. The summed E-state index contributed by atoms with van der Waals surface area (Å²) in [6.07, 6.45) is -0.772. The summed E-state index contributed by atoms with van der Waals surface area (Å²) in [7, 11) is 1.18. The smallest absolute Gasteiger partial charge is 0.426 e. The summed E-state index contributed by atoms with van der Waals surface area (Å²) in [6, 6.07) is 0. The molecule has 0 fully saturated rings. The fraction of sp³-hybridized carbons (Fsp3) is 0.333. The van der Waals surface area contributed by atoms with Crippen LogP contribution in [0.15, 0.2) is 0 Å². The Labute approximate surface area is 57.8 Å². The second-order valence-corrected chi connectivity index (χ2v) is 1.57. The average molecular weight is 149 g/mol. The number of ether oxygens (including phenoxy) is 1. The lowest BCUT2D eigenvalue weighted by atomic mass is 10.9. The summed E-state index contributed by atoms with van der Waals surface area (Å²) in [5.41, 5.74) is 4.84. The van der Waals surface area contributed by atoms with E-state index < -0.39 is 12.1 Å². The topological polar surface area (TPSA) is 79.4 Å². The van der Waals surface area contributed by atoms with Crippen LogP contribution >= 0.6 is 12.8 Å². The molecular weight excluding hydrogens is 142 g/mol. The van der Waals surface area contributed by atoms with E-state index >= 15 is 0 Å². The Morgan fingerprint density at radius 2 is 2.33 bits per heavy atom. The number of carbonyl (C=O) groups excluding carboxylic acids is 1. The summed E-state index contributed by atoms with van der Waals surface area (Å²) < 4.78 is 4.75. The molecule has 0 spiro atoms. The molecule has 0 rings (SSSR count). The van der Waals surface area contributed by atoms with Gasteiger partial charge in [0, 0.05) is 0 Å². The van der Waals surface area contributed by atoms with Gasteiger partial charge in [0.2, 0.25) is 5.96 Å². The molecule has 0 aromatic carbocycles. The number of carbonyl (C=O) groups is 1. The van der Waals surface area contributed by atoms with E-state index in [1.807, 2.05) is 0 Å². The van der Waals surface area contributed by atoms with E-state index in [-0.39, 0.29) is 0 Å². The lowest BCUT2D eigenvalue weighted by Crippen LogP contribution is -2.33. The van der Waals surface area contributed by atoms with Gasteiger partial charge in [-0.2, -0.15) is 4.31 Å². The fourth-order valence-electron chi connectivity index (χ4n) is 0.185. The van der Waals surface area contributed by atoms with Crippen molar-refractivity contribution in [1.82, 2.24) is 4.31 Å². The highest BCUT2D eigenvalue weighted by atomic mass is 32.1. The second kappa shape index (κ2) is 3.18. The molecule has 0 aromatic heterocycles. The maximum Gasteiger partial charge on any atom is 0.426 e. The number of methoxy groups -OCH3 is 1. The van der Waals surface area contributed by atoms with Gasteiger partial charge in [-0.3, -0.25) is 5.41 Å². The number of hydrogen-bond donors (Lipinski definition) is 3. The second-order valence-electron chi connectivity index (χ2n) is 1.17. The highest BCUT2D eigenvalue weighted by Gasteiger charge is 2.10. The lowest BCUT2D eigenvalue weighted by Gasteiger charge is -2.09. The molecule has 5 nitrogen and oxygen atoms in total. The van der Waals surface area contributed by atoms with E-state index in [9.17, 15) is 4.79 Å². The summed E-state index contributed by atoms with van der Waals surface area (Å²) in [4.78, 5) is 10.4. The minimum Gasteiger partial charge on any atom is -0.452 e. The molecule has 0 saturated heterocycles. The first kappa shape index (κ1) is 8.09. The molecule has 9 heavy (non-hydrogen) atoms. The Balaban J connectivity index is 3.88. The highest BCUT2D eigenvalue weighted by Crippen LogP contribution is 1.93. The van der Waals surface area contributed by atoms with Gasteiger partial charge in [-0.1, -0.05) is 12.8 Å². The van der Waals surface area contributed by atoms with Crippen LogP contribution in [0, 0.1) is 5.41 Å². The molecule has 6 heteroatoms. The zero-order valence-electron chi connectivity index (χ0n) is 4.79. The summed E-state index contributed by atoms with van der Waals surface area (Å²) in [5.74, 6) is -0.467. The molecule has 0 saturated carbocycles. The van der Waals surface area contributed by atoms with E-state index in [2.05, 4.69) is 17.6 Å². The number of amides is 1. The zero-order chi connectivity index (χ0) is 7.44. The number of nitrogens with zero attached hydrogens (tertiary/aromatic N) is 1. The Kier molecular flexibility index (Phi) is 2.86. The quantitative estimate of drug-likeness (QED) is 0.253. The van der Waals surface area contributed by atoms with Crippen molar-refractivity contribution in [3.8, 4) is 0 Å². The van der Waals surface area contributed by atoms with Crippen molar-refractivity contribution in [2.75, 3.05) is 7.11 Å². The van der Waals surface area contributed by atoms with Gasteiger partial charge in [0.25, 0.3) is 0 Å². The van der Waals surface area contributed by atoms with Crippen LogP contribution in [0.4, 0.5) is 4.79 Å². The SMILES string of the molecule is COC(=O)N(S)C(=N)N. The van der Waals surface area contributed by atoms with Gasteiger partial charge in [-0.05, 0) is 0 Å². The molecule has 0 aliphatic rings. The van der Waals surface area contributed by atoms with Crippen molar-refractivity contribution in [3.63, 3.8) is 0 Å². The van der Waals surface area contributed by atoms with Crippen molar-refractivity contribution >= 4 is 24.9 Å². The number of thiol groups is 1. The molecule has 3 N–H and O–H groups in total. The van der Waals surface area contributed by atoms with Gasteiger partial charge in [-0.15, -0.1) is 0 Å². The van der Waals surface area contributed by atoms with Crippen LogP contribution in [-0.4, -0.2) is 23.5 Å². The highest BCUT2D eigenvalue weighted by molar-refractivity contribution is 7.79. The molecule has 0 unspecified atom stereocenters. The summed E-state index contributed by atoms with van der Waals surface area (Å²) in [5, 5.41) is 6.66. The van der Waals surface area contributed by atoms with Crippen molar-refractivity contribution in [1.29, 1.82) is 5.41 Å². The van der Waals surface area contributed by atoms with Crippen LogP contribution < -0.4 is 5.73 Å². The van der Waals surface area contributed by atoms with Gasteiger partial charge < -0.3 is 10.5 Å². The summed E-state index contributed by atoms with van der Waals surface area (Å²) >= 11 is 3.51. The minimum atomic E-state index is -0.772. The first-order valence-corrected chi connectivity index (χ1v) is 2.40. The Bertz CT molecular complexity index is 137. The molecule has 0 aromatic rings. The van der Waals surface area contributed by atoms with E-state index in [4.69, 9.17) is 11.1 Å². The predicted molar refractivity (Wildman–Crippen MR) is 35.1 cm³/mol. The van der Waals surface area contributed by atoms with Gasteiger partial charge in [-0.25, -0.2) is 4.79 Å². The Hall–Kier alpha value is -0.910. The number of rotatable bonds is 0. The van der Waals surface area contributed by atoms with Gasteiger partial charge in [0.05, 0.1) is 7.11 Å². The molecule has 1 amide bonds. The van der Waals surface area contributed by atoms with Crippen LogP contribution in [0.1, 0.15) is 0 Å². The zero-order valence-corrected chi connectivity index (χ0v) is 5.68. The van der Waals surface area contributed by atoms with Gasteiger partial charge in [0.15, 0.2) is 0 Å². The van der Waals surface area contributed by atoms with E-state index in [1.54, 1.807) is 0 Å². The lowest BCUT2D eigenvalue weighted by molar-refractivity contribution is 0.164. The third-order valence-electron chi connectivity index (χ3n) is 0.576. The number of guanidine groups is 1. The molecule has 0 heterocycles. The van der Waals surface area contributed by atoms with Crippen LogP contribution in [-0.2, 0) is 4.74 Å². The van der Waals surface area contributed by atoms with E-state index in [1.165, 1.54) is 7.11 Å². The first-order valence-electron chi connectivity index (χ1n) is 2.00. The van der Waals surface area contributed by atoms with E-state index in [0.717, 1.165) is 0 Å². The predicted octanol–water partition coefficient (Wildman–Crippen LogP) is -0.207. The van der Waals surface area contributed by atoms with Gasteiger partial charge >= 0.3 is 6.09 Å². The molecule has 0 bridgehead atoms. The largest absolute Gasteiger partial charge is 0.452 e. The van der Waals surface area contributed by atoms with E-state index in [0.29, 0.717) is 4.31 Å². The molecule has 0 radical (unpaired) electrons. The summed E-state index contributed by atoms with van der Waals surface area (Å²) in [6.45, 7) is 0. The minimum absolute atomic E-state index is 0.467. The van der Waals surface area contributed by atoms with Crippen molar-refractivity contribution in [2.45, 2.75) is 0 Å². The number of nitrogens with two attached hydrogens (primary N) is 1. The maximum absolute atomic E-state index is 10.4. The van der Waals surface area contributed by atoms with Crippen molar-refractivity contribution in [3.05, 3.63) is 0 Å². The molecule has 0 aliphatic carbocycles. The van der Waals surface area contributed by atoms with Crippen LogP contribution in [0.3, 0.4) is 0 Å². The Morgan fingerprint density at radius 1 is 1.89 bits per heavy atom. The monoisotopic (exact) mass is 149 g/mol. The maximum atomic E-state index is 10.4. The Morgan fingerprint density at radius 3 is 2.44 bits per heavy atom. The molecule has 0 aliphatic heterocycles. The fourth-order valence-corrected chi connectivity index (χ4v) is 0.266. The van der Waals surface area contributed by atoms with Crippen molar-refractivity contribution in [2.24, 2.45) is 5.73 Å². The molecule has 52 valence electrons. The van der Waals surface area contributed by atoms with Crippen LogP contribution in [0.25, 0.3) is 0 Å². The first-order chi connectivity index (χ1) is 4.09. The molecule has 0 atom stereocenters. The standard InChI is InChI=1S/C3H7N3O2S/c1-8-3(7)6(9)2(4)5/h9H,1H3,(H3,4,5). The van der Waals surface area contributed by atoms with Crippen molar-refractivity contribution < 1.29 is 9.53 Å². The number of nitrogens with one attached hydrogen (secondary N) is 1. The normalized spacial score (nSPS) is 8.22.